The Kier molecular flexibility index (Phi) is 6.07. The van der Waals surface area contributed by atoms with Gasteiger partial charge in [0.2, 0.25) is 5.91 Å². The van der Waals surface area contributed by atoms with Crippen LogP contribution in [0.1, 0.15) is 15.9 Å². The van der Waals surface area contributed by atoms with E-state index in [-0.39, 0.29) is 21.9 Å². The number of phenolic OH excluding ortho intramolecular Hbond substituents is 1. The number of hydrogen-bond acceptors (Lipinski definition) is 7. The fourth-order valence-electron chi connectivity index (χ4n) is 2.64. The Bertz CT molecular complexity index is 1060. The molecule has 1 fully saturated rings. The van der Waals surface area contributed by atoms with E-state index < -0.39 is 29.6 Å². The zero-order chi connectivity index (χ0) is 21.8. The van der Waals surface area contributed by atoms with Crippen LogP contribution in [-0.2, 0) is 9.59 Å². The molecule has 0 atom stereocenters. The molecule has 0 aliphatic carbocycles. The van der Waals surface area contributed by atoms with Crippen LogP contribution in [0.25, 0.3) is 6.08 Å². The quantitative estimate of drug-likeness (QED) is 0.472. The lowest BCUT2D eigenvalue weighted by atomic mass is 10.1. The smallest absolute Gasteiger partial charge is 0.337 e. The molecule has 1 saturated heterocycles. The van der Waals surface area contributed by atoms with Gasteiger partial charge in [0.05, 0.1) is 23.3 Å². The van der Waals surface area contributed by atoms with Gasteiger partial charge in [-0.2, -0.15) is 0 Å². The largest absolute Gasteiger partial charge is 0.508 e. The lowest BCUT2D eigenvalue weighted by Gasteiger charge is -2.13. The Morgan fingerprint density at radius 3 is 2.50 bits per heavy atom. The lowest BCUT2D eigenvalue weighted by molar-refractivity contribution is -0.127. The minimum atomic E-state index is -1.35. The third-order valence-corrected chi connectivity index (χ3v) is 5.00. The number of benzene rings is 2. The average Bonchev–Trinajstić information content (AvgIpc) is 2.97. The Labute approximate surface area is 174 Å². The Balaban J connectivity index is 1.72. The van der Waals surface area contributed by atoms with Crippen LogP contribution < -0.4 is 10.1 Å². The summed E-state index contributed by atoms with van der Waals surface area (Å²) in [5, 5.41) is 20.3. The topological polar surface area (TPSA) is 133 Å². The molecule has 0 unspecified atom stereocenters. The van der Waals surface area contributed by atoms with E-state index in [0.717, 1.165) is 11.0 Å². The molecule has 0 saturated carbocycles. The predicted molar refractivity (Wildman–Crippen MR) is 109 cm³/mol. The molecule has 3 N–H and O–H groups in total. The molecular weight excluding hydrogens is 412 g/mol. The minimum Gasteiger partial charge on any atom is -0.508 e. The molecule has 3 rings (SSSR count). The van der Waals surface area contributed by atoms with Gasteiger partial charge in [0.25, 0.3) is 11.1 Å². The van der Waals surface area contributed by atoms with Crippen molar-refractivity contribution in [2.75, 3.05) is 19.0 Å². The number of ether oxygens (including phenoxy) is 1. The van der Waals surface area contributed by atoms with Gasteiger partial charge in [-0.3, -0.25) is 19.3 Å². The van der Waals surface area contributed by atoms with Gasteiger partial charge in [-0.05, 0) is 53.7 Å². The summed E-state index contributed by atoms with van der Waals surface area (Å²) in [4.78, 5) is 49.2. The number of imide groups is 1. The maximum absolute atomic E-state index is 12.5. The second kappa shape index (κ2) is 8.70. The van der Waals surface area contributed by atoms with Gasteiger partial charge in [-0.15, -0.1) is 0 Å². The van der Waals surface area contributed by atoms with Crippen molar-refractivity contribution in [3.8, 4) is 11.5 Å². The first-order valence-electron chi connectivity index (χ1n) is 8.54. The highest BCUT2D eigenvalue weighted by Crippen LogP contribution is 2.32. The van der Waals surface area contributed by atoms with Crippen molar-refractivity contribution < 1.29 is 34.1 Å². The maximum Gasteiger partial charge on any atom is 0.337 e. The van der Waals surface area contributed by atoms with E-state index in [4.69, 9.17) is 4.74 Å². The summed E-state index contributed by atoms with van der Waals surface area (Å²) in [5.41, 5.74) is 0.295. The normalized spacial score (nSPS) is 14.8. The van der Waals surface area contributed by atoms with E-state index in [2.05, 4.69) is 5.32 Å². The molecule has 0 aromatic heterocycles. The molecular formula is C20H16N2O7S. The number of aromatic hydroxyl groups is 1. The first kappa shape index (κ1) is 20.9. The number of thioether (sulfide) groups is 1. The predicted octanol–water partition coefficient (Wildman–Crippen LogP) is 2.77. The summed E-state index contributed by atoms with van der Waals surface area (Å²) >= 11 is 0.705. The van der Waals surface area contributed by atoms with Crippen molar-refractivity contribution >= 4 is 46.5 Å². The molecule has 154 valence electrons. The van der Waals surface area contributed by atoms with Gasteiger partial charge in [0.15, 0.2) is 0 Å². The molecule has 30 heavy (non-hydrogen) atoms. The highest BCUT2D eigenvalue weighted by atomic mass is 32.2. The van der Waals surface area contributed by atoms with Crippen molar-refractivity contribution in [1.82, 2.24) is 4.90 Å². The number of amides is 3. The van der Waals surface area contributed by atoms with Crippen LogP contribution in [0.5, 0.6) is 11.5 Å². The third-order valence-electron chi connectivity index (χ3n) is 4.10. The van der Waals surface area contributed by atoms with E-state index in [1.165, 1.54) is 25.3 Å². The number of methoxy groups -OCH3 is 1. The van der Waals surface area contributed by atoms with E-state index in [0.29, 0.717) is 23.1 Å². The van der Waals surface area contributed by atoms with Gasteiger partial charge in [0, 0.05) is 0 Å². The van der Waals surface area contributed by atoms with Crippen molar-refractivity contribution in [1.29, 1.82) is 0 Å². The number of phenols is 1. The summed E-state index contributed by atoms with van der Waals surface area (Å²) in [6.07, 6.45) is 1.53. The van der Waals surface area contributed by atoms with E-state index in [9.17, 15) is 29.4 Å². The Morgan fingerprint density at radius 1 is 1.17 bits per heavy atom. The van der Waals surface area contributed by atoms with E-state index >= 15 is 0 Å². The number of hydrogen-bond donors (Lipinski definition) is 3. The number of nitrogens with zero attached hydrogens (tertiary/aromatic N) is 1. The van der Waals surface area contributed by atoms with Crippen LogP contribution in [-0.4, -0.2) is 51.8 Å². The lowest BCUT2D eigenvalue weighted by Crippen LogP contribution is -2.36. The van der Waals surface area contributed by atoms with Crippen molar-refractivity contribution in [2.45, 2.75) is 0 Å². The van der Waals surface area contributed by atoms with E-state index in [1.54, 1.807) is 24.3 Å². The number of nitrogens with one attached hydrogen (secondary N) is 1. The van der Waals surface area contributed by atoms with Gasteiger partial charge in [-0.25, -0.2) is 4.79 Å². The van der Waals surface area contributed by atoms with Crippen molar-refractivity contribution in [3.05, 3.63) is 58.5 Å². The molecule has 0 bridgehead atoms. The maximum atomic E-state index is 12.5. The van der Waals surface area contributed by atoms with Crippen LogP contribution in [0.15, 0.2) is 47.4 Å². The van der Waals surface area contributed by atoms with Crippen LogP contribution in [0.3, 0.4) is 0 Å². The second-order valence-electron chi connectivity index (χ2n) is 6.12. The number of aromatic carboxylic acids is 1. The number of carbonyl (C=O) groups is 4. The van der Waals surface area contributed by atoms with Crippen LogP contribution in [0.4, 0.5) is 10.5 Å². The summed E-state index contributed by atoms with van der Waals surface area (Å²) in [6, 6.07) is 10.3. The number of carbonyl (C=O) groups excluding carboxylic acids is 3. The van der Waals surface area contributed by atoms with Crippen molar-refractivity contribution in [3.63, 3.8) is 0 Å². The Hall–Kier alpha value is -3.79. The molecule has 9 nitrogen and oxygen atoms in total. The monoisotopic (exact) mass is 428 g/mol. The highest BCUT2D eigenvalue weighted by molar-refractivity contribution is 8.18. The SMILES string of the molecule is COc1ccc(/C=C2\SC(=O)N(CC(=O)Nc3ccc(O)cc3C(=O)O)C2=O)cc1. The summed E-state index contributed by atoms with van der Waals surface area (Å²) < 4.78 is 5.07. The number of carboxylic acids is 1. The van der Waals surface area contributed by atoms with Crippen LogP contribution in [0.2, 0.25) is 0 Å². The van der Waals surface area contributed by atoms with Gasteiger partial charge in [0.1, 0.15) is 18.0 Å². The van der Waals surface area contributed by atoms with Crippen molar-refractivity contribution in [2.24, 2.45) is 0 Å². The Morgan fingerprint density at radius 2 is 1.87 bits per heavy atom. The standard InChI is InChI=1S/C20H16N2O7S/c1-29-13-5-2-11(3-6-13)8-16-18(25)22(20(28)30-16)10-17(24)21-15-7-4-12(23)9-14(15)19(26)27/h2-9,23H,10H2,1H3,(H,21,24)(H,26,27)/b16-8-. The fraction of sp³-hybridized carbons (Fsp3) is 0.100. The summed E-state index contributed by atoms with van der Waals surface area (Å²) in [5.74, 6) is -2.36. The zero-order valence-corrected chi connectivity index (χ0v) is 16.4. The number of carboxylic acid groups (broad SMARTS) is 1. The number of rotatable bonds is 6. The first-order chi connectivity index (χ1) is 14.3. The molecule has 3 amide bonds. The average molecular weight is 428 g/mol. The molecule has 10 heteroatoms. The van der Waals surface area contributed by atoms with Crippen LogP contribution >= 0.6 is 11.8 Å². The summed E-state index contributed by atoms with van der Waals surface area (Å²) in [6.45, 7) is -0.579. The van der Waals surface area contributed by atoms with Crippen LogP contribution in [0, 0.1) is 0 Å². The molecule has 2 aromatic rings. The number of anilines is 1. The molecule has 1 aliphatic rings. The molecule has 1 heterocycles. The highest BCUT2D eigenvalue weighted by Gasteiger charge is 2.36. The molecule has 1 aliphatic heterocycles. The third kappa shape index (κ3) is 4.61. The summed E-state index contributed by atoms with van der Waals surface area (Å²) in [7, 11) is 1.53. The zero-order valence-electron chi connectivity index (χ0n) is 15.6. The van der Waals surface area contributed by atoms with Gasteiger partial charge < -0.3 is 20.3 Å². The second-order valence-corrected chi connectivity index (χ2v) is 7.12. The molecule has 0 spiro atoms. The van der Waals surface area contributed by atoms with Gasteiger partial charge in [-0.1, -0.05) is 12.1 Å². The minimum absolute atomic E-state index is 0.0638. The fourth-order valence-corrected chi connectivity index (χ4v) is 3.48. The molecule has 0 radical (unpaired) electrons. The van der Waals surface area contributed by atoms with Gasteiger partial charge >= 0.3 is 5.97 Å². The first-order valence-corrected chi connectivity index (χ1v) is 9.35. The molecule has 2 aromatic carbocycles. The van der Waals surface area contributed by atoms with E-state index in [1.807, 2.05) is 0 Å².